The molecule has 0 amide bonds. The van der Waals surface area contributed by atoms with Gasteiger partial charge in [0, 0.05) is 12.6 Å². The number of ether oxygens (including phenoxy) is 1. The molecular weight excluding hydrogens is 238 g/mol. The summed E-state index contributed by atoms with van der Waals surface area (Å²) in [4.78, 5) is 0. The molecule has 4 unspecified atom stereocenters. The summed E-state index contributed by atoms with van der Waals surface area (Å²) < 4.78 is 6.03. The van der Waals surface area contributed by atoms with Gasteiger partial charge in [0.2, 0.25) is 0 Å². The largest absolute Gasteiger partial charge is 0.389 e. The summed E-state index contributed by atoms with van der Waals surface area (Å²) in [5.41, 5.74) is 0. The molecule has 2 N–H and O–H groups in total. The van der Waals surface area contributed by atoms with Crippen molar-refractivity contribution >= 4 is 0 Å². The van der Waals surface area contributed by atoms with E-state index in [4.69, 9.17) is 4.74 Å². The van der Waals surface area contributed by atoms with Gasteiger partial charge in [0.1, 0.15) is 0 Å². The number of rotatable bonds is 7. The van der Waals surface area contributed by atoms with Crippen LogP contribution < -0.4 is 5.32 Å². The van der Waals surface area contributed by atoms with E-state index in [1.54, 1.807) is 0 Å². The fourth-order valence-electron chi connectivity index (χ4n) is 2.97. The summed E-state index contributed by atoms with van der Waals surface area (Å²) in [6.07, 6.45) is 3.67. The lowest BCUT2D eigenvalue weighted by atomic mass is 9.75. The highest BCUT2D eigenvalue weighted by Gasteiger charge is 2.31. The Kier molecular flexibility index (Phi) is 7.33. The van der Waals surface area contributed by atoms with Crippen molar-refractivity contribution in [2.45, 2.75) is 72.1 Å². The van der Waals surface area contributed by atoms with E-state index in [1.165, 1.54) is 12.8 Å². The molecule has 4 atom stereocenters. The first-order valence-electron chi connectivity index (χ1n) is 7.93. The first-order valence-corrected chi connectivity index (χ1v) is 7.93. The van der Waals surface area contributed by atoms with E-state index in [0.717, 1.165) is 12.3 Å². The Hall–Kier alpha value is -0.120. The van der Waals surface area contributed by atoms with Crippen LogP contribution in [0.3, 0.4) is 0 Å². The molecule has 1 aliphatic rings. The lowest BCUT2D eigenvalue weighted by Crippen LogP contribution is -2.39. The monoisotopic (exact) mass is 271 g/mol. The van der Waals surface area contributed by atoms with Crippen molar-refractivity contribution < 1.29 is 9.84 Å². The Labute approximate surface area is 119 Å². The van der Waals surface area contributed by atoms with Crippen molar-refractivity contribution in [3.63, 3.8) is 0 Å². The first kappa shape index (κ1) is 16.9. The molecule has 0 saturated heterocycles. The van der Waals surface area contributed by atoms with Gasteiger partial charge < -0.3 is 15.2 Å². The van der Waals surface area contributed by atoms with Crippen LogP contribution in [0.4, 0.5) is 0 Å². The zero-order chi connectivity index (χ0) is 14.4. The molecule has 114 valence electrons. The second-order valence-electron chi connectivity index (χ2n) is 6.91. The topological polar surface area (TPSA) is 41.5 Å². The first-order chi connectivity index (χ1) is 8.90. The highest BCUT2D eigenvalue weighted by atomic mass is 16.5. The molecule has 1 aliphatic carbocycles. The maximum absolute atomic E-state index is 9.93. The molecule has 3 nitrogen and oxygen atoms in total. The van der Waals surface area contributed by atoms with Crippen LogP contribution in [0.2, 0.25) is 0 Å². The number of hydrogen-bond acceptors (Lipinski definition) is 3. The molecule has 3 heteroatoms. The minimum atomic E-state index is -0.396. The van der Waals surface area contributed by atoms with E-state index in [1.807, 2.05) is 0 Å². The van der Waals surface area contributed by atoms with Crippen LogP contribution >= 0.6 is 0 Å². The van der Waals surface area contributed by atoms with Crippen LogP contribution in [0.25, 0.3) is 0 Å². The fraction of sp³-hybridized carbons (Fsp3) is 1.00. The molecule has 0 aromatic carbocycles. The van der Waals surface area contributed by atoms with Crippen molar-refractivity contribution in [3.8, 4) is 0 Å². The van der Waals surface area contributed by atoms with Crippen LogP contribution in [0.15, 0.2) is 0 Å². The Morgan fingerprint density at radius 3 is 2.47 bits per heavy atom. The summed E-state index contributed by atoms with van der Waals surface area (Å²) in [7, 11) is 0. The van der Waals surface area contributed by atoms with Crippen molar-refractivity contribution in [1.29, 1.82) is 0 Å². The lowest BCUT2D eigenvalue weighted by Gasteiger charge is -2.37. The quantitative estimate of drug-likeness (QED) is 0.748. The zero-order valence-corrected chi connectivity index (χ0v) is 13.4. The molecule has 19 heavy (non-hydrogen) atoms. The van der Waals surface area contributed by atoms with Gasteiger partial charge in [0.05, 0.1) is 18.8 Å². The predicted molar refractivity (Wildman–Crippen MR) is 80.2 cm³/mol. The van der Waals surface area contributed by atoms with Gasteiger partial charge in [-0.25, -0.2) is 0 Å². The maximum atomic E-state index is 9.93. The molecule has 0 bridgehead atoms. The third-order valence-electron chi connectivity index (χ3n) is 4.23. The summed E-state index contributed by atoms with van der Waals surface area (Å²) >= 11 is 0. The molecule has 1 rings (SSSR count). The van der Waals surface area contributed by atoms with E-state index in [-0.39, 0.29) is 0 Å². The highest BCUT2D eigenvalue weighted by Crippen LogP contribution is 2.35. The number of aliphatic hydroxyl groups is 1. The molecule has 0 aromatic heterocycles. The highest BCUT2D eigenvalue weighted by molar-refractivity contribution is 4.81. The van der Waals surface area contributed by atoms with Gasteiger partial charge in [0.15, 0.2) is 0 Å². The molecule has 1 fully saturated rings. The van der Waals surface area contributed by atoms with Gasteiger partial charge in [-0.2, -0.15) is 0 Å². The molecule has 1 saturated carbocycles. The zero-order valence-electron chi connectivity index (χ0n) is 13.4. The van der Waals surface area contributed by atoms with Crippen molar-refractivity contribution in [2.24, 2.45) is 17.8 Å². The Balaban J connectivity index is 2.35. The normalized spacial score (nSPS) is 30.0. The van der Waals surface area contributed by atoms with Crippen LogP contribution in [0.1, 0.15) is 53.9 Å². The Morgan fingerprint density at radius 1 is 1.21 bits per heavy atom. The summed E-state index contributed by atoms with van der Waals surface area (Å²) in [5, 5.41) is 13.2. The average Bonchev–Trinajstić information content (AvgIpc) is 2.33. The van der Waals surface area contributed by atoms with Crippen molar-refractivity contribution in [1.82, 2.24) is 5.32 Å². The predicted octanol–water partition coefficient (Wildman–Crippen LogP) is 2.82. The lowest BCUT2D eigenvalue weighted by molar-refractivity contribution is -0.0684. The van der Waals surface area contributed by atoms with Gasteiger partial charge >= 0.3 is 0 Å². The van der Waals surface area contributed by atoms with Gasteiger partial charge in [0.25, 0.3) is 0 Å². The maximum Gasteiger partial charge on any atom is 0.0897 e. The minimum Gasteiger partial charge on any atom is -0.389 e. The van der Waals surface area contributed by atoms with Gasteiger partial charge in [-0.15, -0.1) is 0 Å². The van der Waals surface area contributed by atoms with E-state index >= 15 is 0 Å². The minimum absolute atomic E-state index is 0.331. The smallest absolute Gasteiger partial charge is 0.0897 e. The third-order valence-corrected chi connectivity index (χ3v) is 4.23. The number of aliphatic hydroxyl groups excluding tert-OH is 1. The van der Waals surface area contributed by atoms with Gasteiger partial charge in [-0.1, -0.05) is 41.0 Å². The van der Waals surface area contributed by atoms with Crippen LogP contribution in [-0.4, -0.2) is 36.5 Å². The summed E-state index contributed by atoms with van der Waals surface area (Å²) in [6.45, 7) is 12.1. The van der Waals surface area contributed by atoms with Crippen LogP contribution in [0, 0.1) is 17.8 Å². The van der Waals surface area contributed by atoms with E-state index in [0.29, 0.717) is 37.1 Å². The molecule has 0 aromatic rings. The SMILES string of the molecule is CC1CCC(C(C)C)C(OCC(O)CNC(C)C)C1. The van der Waals surface area contributed by atoms with Crippen molar-refractivity contribution in [3.05, 3.63) is 0 Å². The summed E-state index contributed by atoms with van der Waals surface area (Å²) in [6, 6.07) is 0.410. The Morgan fingerprint density at radius 2 is 1.89 bits per heavy atom. The molecular formula is C16H33NO2. The van der Waals surface area contributed by atoms with Crippen LogP contribution in [-0.2, 0) is 4.74 Å². The van der Waals surface area contributed by atoms with E-state index in [2.05, 4.69) is 39.9 Å². The molecule has 0 heterocycles. The van der Waals surface area contributed by atoms with Gasteiger partial charge in [-0.3, -0.25) is 0 Å². The second-order valence-corrected chi connectivity index (χ2v) is 6.91. The second kappa shape index (κ2) is 8.23. The number of nitrogens with one attached hydrogen (secondary N) is 1. The van der Waals surface area contributed by atoms with E-state index in [9.17, 15) is 5.11 Å². The van der Waals surface area contributed by atoms with Gasteiger partial charge in [-0.05, 0) is 30.6 Å². The third kappa shape index (κ3) is 6.24. The fourth-order valence-corrected chi connectivity index (χ4v) is 2.97. The van der Waals surface area contributed by atoms with Crippen LogP contribution in [0.5, 0.6) is 0 Å². The average molecular weight is 271 g/mol. The molecule has 0 spiro atoms. The number of hydrogen-bond donors (Lipinski definition) is 2. The van der Waals surface area contributed by atoms with Crippen molar-refractivity contribution in [2.75, 3.05) is 13.2 Å². The molecule has 0 aliphatic heterocycles. The summed E-state index contributed by atoms with van der Waals surface area (Å²) in [5.74, 6) is 2.08. The molecule has 0 radical (unpaired) electrons. The standard InChI is InChI=1S/C16H33NO2/c1-11(2)15-7-6-13(5)8-16(15)19-10-14(18)9-17-12(3)4/h11-18H,6-10H2,1-5H3. The Bertz CT molecular complexity index is 243. The van der Waals surface area contributed by atoms with E-state index < -0.39 is 6.10 Å².